The van der Waals surface area contributed by atoms with Crippen LogP contribution in [0.2, 0.25) is 5.02 Å². The maximum Gasteiger partial charge on any atom is 0.419 e. The van der Waals surface area contributed by atoms with Crippen LogP contribution in [-0.4, -0.2) is 5.91 Å². The average molecular weight is 286 g/mol. The zero-order chi connectivity index (χ0) is 14.1. The monoisotopic (exact) mass is 285 g/mol. The highest BCUT2D eigenvalue weighted by Crippen LogP contribution is 2.36. The van der Waals surface area contributed by atoms with Gasteiger partial charge in [-0.2, -0.15) is 13.2 Å². The molecule has 18 heavy (non-hydrogen) atoms. The van der Waals surface area contributed by atoms with Crippen molar-refractivity contribution in [2.45, 2.75) is 6.18 Å². The lowest BCUT2D eigenvalue weighted by atomic mass is 10.1. The molecule has 98 valence electrons. The molecule has 1 aromatic carbocycles. The Hall–Kier alpha value is -1.63. The number of carbonyl (C=O) groups excluding carboxylic acids is 1. The third kappa shape index (κ3) is 2.98. The van der Waals surface area contributed by atoms with Crippen molar-refractivity contribution in [1.29, 1.82) is 0 Å². The van der Waals surface area contributed by atoms with Crippen molar-refractivity contribution in [2.75, 3.05) is 0 Å². The molecule has 0 heterocycles. The van der Waals surface area contributed by atoms with Crippen LogP contribution in [0.15, 0.2) is 12.1 Å². The van der Waals surface area contributed by atoms with Gasteiger partial charge >= 0.3 is 6.18 Å². The molecule has 0 saturated carbocycles. The summed E-state index contributed by atoms with van der Waals surface area (Å²) >= 11 is 5.39. The van der Waals surface area contributed by atoms with Gasteiger partial charge in [-0.3, -0.25) is 4.79 Å². The van der Waals surface area contributed by atoms with Crippen LogP contribution in [0.4, 0.5) is 22.0 Å². The van der Waals surface area contributed by atoms with E-state index >= 15 is 0 Å². The molecule has 2 N–H and O–H groups in total. The highest BCUT2D eigenvalue weighted by Gasteiger charge is 2.36. The van der Waals surface area contributed by atoms with Crippen LogP contribution < -0.4 is 5.73 Å². The van der Waals surface area contributed by atoms with Gasteiger partial charge in [-0.25, -0.2) is 8.78 Å². The van der Waals surface area contributed by atoms with E-state index in [0.29, 0.717) is 12.2 Å². The second kappa shape index (κ2) is 4.93. The molecule has 0 aliphatic carbocycles. The summed E-state index contributed by atoms with van der Waals surface area (Å²) in [7, 11) is 0. The van der Waals surface area contributed by atoms with Crippen molar-refractivity contribution in [3.63, 3.8) is 0 Å². The van der Waals surface area contributed by atoms with Crippen molar-refractivity contribution in [2.24, 2.45) is 5.73 Å². The smallest absolute Gasteiger partial charge is 0.366 e. The molecular weight excluding hydrogens is 281 g/mol. The maximum absolute atomic E-state index is 13.3. The summed E-state index contributed by atoms with van der Waals surface area (Å²) in [5.74, 6) is -4.87. The Balaban J connectivity index is 3.43. The number of benzene rings is 1. The van der Waals surface area contributed by atoms with Gasteiger partial charge in [-0.1, -0.05) is 11.6 Å². The largest absolute Gasteiger partial charge is 0.419 e. The van der Waals surface area contributed by atoms with Crippen LogP contribution in [0.1, 0.15) is 11.1 Å². The minimum atomic E-state index is -5.07. The minimum absolute atomic E-state index is 0.237. The average Bonchev–Trinajstić information content (AvgIpc) is 2.21. The first-order chi connectivity index (χ1) is 8.14. The Morgan fingerprint density at radius 3 is 2.28 bits per heavy atom. The van der Waals surface area contributed by atoms with Crippen LogP contribution in [-0.2, 0) is 11.0 Å². The lowest BCUT2D eigenvalue weighted by Gasteiger charge is -2.11. The second-order valence-corrected chi connectivity index (χ2v) is 3.59. The fourth-order valence-corrected chi connectivity index (χ4v) is 1.39. The lowest BCUT2D eigenvalue weighted by molar-refractivity contribution is -0.140. The van der Waals surface area contributed by atoms with Crippen LogP contribution in [0.25, 0.3) is 6.08 Å². The Kier molecular flexibility index (Phi) is 3.95. The summed E-state index contributed by atoms with van der Waals surface area (Å²) in [4.78, 5) is 10.4. The van der Waals surface area contributed by atoms with Gasteiger partial charge in [0.25, 0.3) is 0 Å². The number of hydrogen-bond acceptors (Lipinski definition) is 1. The second-order valence-electron chi connectivity index (χ2n) is 3.18. The first-order valence-electron chi connectivity index (χ1n) is 4.36. The first-order valence-corrected chi connectivity index (χ1v) is 4.74. The number of alkyl halides is 3. The summed E-state index contributed by atoms with van der Waals surface area (Å²) in [5.41, 5.74) is 2.21. The molecule has 1 amide bonds. The molecule has 0 aliphatic rings. The third-order valence-electron chi connectivity index (χ3n) is 1.91. The van der Waals surface area contributed by atoms with E-state index < -0.39 is 39.9 Å². The molecule has 1 aromatic rings. The third-order valence-corrected chi connectivity index (χ3v) is 2.23. The van der Waals surface area contributed by atoms with Crippen molar-refractivity contribution in [1.82, 2.24) is 0 Å². The number of primary amides is 1. The summed E-state index contributed by atoms with van der Waals surface area (Å²) in [6, 6.07) is 0.237. The zero-order valence-corrected chi connectivity index (χ0v) is 9.24. The molecule has 0 aliphatic heterocycles. The molecule has 0 aromatic heterocycles. The Bertz CT molecular complexity index is 524. The van der Waals surface area contributed by atoms with Crippen LogP contribution in [0, 0.1) is 11.6 Å². The molecule has 0 atom stereocenters. The normalized spacial score (nSPS) is 12.1. The summed E-state index contributed by atoms with van der Waals surface area (Å²) in [6.07, 6.45) is -3.72. The Labute approximate surface area is 103 Å². The van der Waals surface area contributed by atoms with E-state index in [9.17, 15) is 26.7 Å². The van der Waals surface area contributed by atoms with Gasteiger partial charge in [0.1, 0.15) is 0 Å². The number of halogens is 6. The van der Waals surface area contributed by atoms with Crippen molar-refractivity contribution >= 4 is 23.6 Å². The Morgan fingerprint density at radius 2 is 1.83 bits per heavy atom. The van der Waals surface area contributed by atoms with Gasteiger partial charge < -0.3 is 5.73 Å². The minimum Gasteiger partial charge on any atom is -0.366 e. The van der Waals surface area contributed by atoms with Gasteiger partial charge in [0, 0.05) is 11.6 Å². The lowest BCUT2D eigenvalue weighted by Crippen LogP contribution is -2.11. The molecule has 1 rings (SSSR count). The van der Waals surface area contributed by atoms with Crippen LogP contribution in [0.5, 0.6) is 0 Å². The number of hydrogen-bond donors (Lipinski definition) is 1. The van der Waals surface area contributed by atoms with Crippen molar-refractivity contribution < 1.29 is 26.7 Å². The van der Waals surface area contributed by atoms with Gasteiger partial charge in [-0.15, -0.1) is 0 Å². The van der Waals surface area contributed by atoms with E-state index in [0.717, 1.165) is 0 Å². The number of amides is 1. The maximum atomic E-state index is 13.3. The zero-order valence-electron chi connectivity index (χ0n) is 8.49. The van der Waals surface area contributed by atoms with E-state index in [1.54, 1.807) is 0 Å². The van der Waals surface area contributed by atoms with Crippen LogP contribution >= 0.6 is 11.6 Å². The topological polar surface area (TPSA) is 43.1 Å². The number of nitrogens with two attached hydrogens (primary N) is 1. The van der Waals surface area contributed by atoms with Gasteiger partial charge in [-0.05, 0) is 12.1 Å². The first kappa shape index (κ1) is 14.4. The van der Waals surface area contributed by atoms with Crippen molar-refractivity contribution in [3.05, 3.63) is 39.9 Å². The molecule has 0 bridgehead atoms. The predicted octanol–water partition coefficient (Wildman–Crippen LogP) is 3.14. The van der Waals surface area contributed by atoms with Crippen LogP contribution in [0.3, 0.4) is 0 Å². The molecular formula is C10H5ClF5NO. The SMILES string of the molecule is NC(=O)/C=C/c1c(Cl)cc(C(F)(F)F)c(F)c1F. The highest BCUT2D eigenvalue weighted by molar-refractivity contribution is 6.32. The van der Waals surface area contributed by atoms with Gasteiger partial charge in [0.2, 0.25) is 5.91 Å². The molecule has 0 radical (unpaired) electrons. The van der Waals surface area contributed by atoms with Gasteiger partial charge in [0.15, 0.2) is 11.6 Å². The summed E-state index contributed by atoms with van der Waals surface area (Å²) < 4.78 is 63.4. The standard InChI is InChI=1S/C10H5ClF5NO/c11-6-3-5(10(14,15)16)9(13)8(12)4(6)1-2-7(17)18/h1-3H,(H2,17,18)/b2-1+. The van der Waals surface area contributed by atoms with E-state index in [4.69, 9.17) is 17.3 Å². The van der Waals surface area contributed by atoms with E-state index in [1.165, 1.54) is 0 Å². The molecule has 0 saturated heterocycles. The van der Waals surface area contributed by atoms with Crippen molar-refractivity contribution in [3.8, 4) is 0 Å². The number of carbonyl (C=O) groups is 1. The predicted molar refractivity (Wildman–Crippen MR) is 54.6 cm³/mol. The summed E-state index contributed by atoms with van der Waals surface area (Å²) in [6.45, 7) is 0. The van der Waals surface area contributed by atoms with E-state index in [2.05, 4.69) is 0 Å². The summed E-state index contributed by atoms with van der Waals surface area (Å²) in [5, 5.41) is -0.682. The molecule has 0 spiro atoms. The Morgan fingerprint density at radius 1 is 1.28 bits per heavy atom. The molecule has 2 nitrogen and oxygen atoms in total. The molecule has 8 heteroatoms. The fourth-order valence-electron chi connectivity index (χ4n) is 1.13. The highest BCUT2D eigenvalue weighted by atomic mass is 35.5. The quantitative estimate of drug-likeness (QED) is 0.506. The number of rotatable bonds is 2. The van der Waals surface area contributed by atoms with Gasteiger partial charge in [0.05, 0.1) is 10.6 Å². The fraction of sp³-hybridized carbons (Fsp3) is 0.100. The van der Waals surface area contributed by atoms with E-state index in [-0.39, 0.29) is 6.07 Å². The molecule has 0 unspecified atom stereocenters. The van der Waals surface area contributed by atoms with E-state index in [1.807, 2.05) is 0 Å². The molecule has 0 fully saturated rings.